The highest BCUT2D eigenvalue weighted by Crippen LogP contribution is 2.33. The molecule has 0 heterocycles. The second-order valence-corrected chi connectivity index (χ2v) is 6.49. The van der Waals surface area contributed by atoms with Crippen LogP contribution in [0.2, 0.25) is 0 Å². The molecule has 0 radical (unpaired) electrons. The average molecular weight is 213 g/mol. The third-order valence-electron chi connectivity index (χ3n) is 3.66. The fraction of sp³-hybridized carbons (Fsp3) is 1.00. The van der Waals surface area contributed by atoms with Crippen molar-refractivity contribution in [2.45, 2.75) is 63.3 Å². The Morgan fingerprint density at radius 3 is 2.71 bits per heavy atom. The molecule has 0 amide bonds. The van der Waals surface area contributed by atoms with E-state index in [0.717, 1.165) is 23.3 Å². The zero-order chi connectivity index (χ0) is 9.97. The minimum absolute atomic E-state index is 0.831. The van der Waals surface area contributed by atoms with E-state index in [1.807, 2.05) is 0 Å². The summed E-state index contributed by atoms with van der Waals surface area (Å²) in [5.41, 5.74) is 0. The molecule has 2 heteroatoms. The number of nitrogens with one attached hydrogen (secondary N) is 1. The molecule has 2 rings (SSSR count). The lowest BCUT2D eigenvalue weighted by Gasteiger charge is -2.37. The third-order valence-corrected chi connectivity index (χ3v) is 4.98. The Balaban J connectivity index is 1.73. The van der Waals surface area contributed by atoms with Crippen molar-refractivity contribution in [1.82, 2.24) is 5.32 Å². The molecule has 0 saturated heterocycles. The topological polar surface area (TPSA) is 12.0 Å². The Kier molecular flexibility index (Phi) is 3.78. The predicted octanol–water partition coefficient (Wildman–Crippen LogP) is 3.05. The summed E-state index contributed by atoms with van der Waals surface area (Å²) in [6.07, 6.45) is 7.14. The van der Waals surface area contributed by atoms with Crippen LogP contribution in [-0.4, -0.2) is 23.1 Å². The summed E-state index contributed by atoms with van der Waals surface area (Å²) in [6, 6.07) is 1.69. The van der Waals surface area contributed by atoms with Gasteiger partial charge < -0.3 is 5.32 Å². The zero-order valence-corrected chi connectivity index (χ0v) is 10.3. The molecule has 0 aromatic rings. The van der Waals surface area contributed by atoms with Gasteiger partial charge in [0.1, 0.15) is 0 Å². The first-order valence-corrected chi connectivity index (χ1v) is 7.22. The van der Waals surface area contributed by atoms with Crippen molar-refractivity contribution in [3.63, 3.8) is 0 Å². The summed E-state index contributed by atoms with van der Waals surface area (Å²) in [7, 11) is 0. The number of rotatable bonds is 4. The van der Waals surface area contributed by atoms with E-state index in [0.29, 0.717) is 0 Å². The van der Waals surface area contributed by atoms with Crippen LogP contribution in [0.4, 0.5) is 0 Å². The molecule has 1 nitrogen and oxygen atoms in total. The van der Waals surface area contributed by atoms with Crippen molar-refractivity contribution in [2.75, 3.05) is 5.75 Å². The van der Waals surface area contributed by atoms with Gasteiger partial charge in [0.05, 0.1) is 0 Å². The maximum Gasteiger partial charge on any atom is 0.0201 e. The van der Waals surface area contributed by atoms with E-state index in [1.54, 1.807) is 0 Å². The second kappa shape index (κ2) is 4.89. The third kappa shape index (κ3) is 2.46. The van der Waals surface area contributed by atoms with E-state index in [1.165, 1.54) is 37.9 Å². The van der Waals surface area contributed by atoms with E-state index in [2.05, 4.69) is 30.9 Å². The Hall–Kier alpha value is 0.310. The van der Waals surface area contributed by atoms with E-state index >= 15 is 0 Å². The Labute approximate surface area is 92.4 Å². The van der Waals surface area contributed by atoms with Crippen molar-refractivity contribution in [2.24, 2.45) is 5.92 Å². The standard InChI is InChI=1S/C12H23NS/c1-3-14-12-6-4-5-11(12)13-10-7-9(2)8-10/h9-13H,3-8H2,1-2H3. The van der Waals surface area contributed by atoms with Crippen LogP contribution < -0.4 is 5.32 Å². The van der Waals surface area contributed by atoms with Gasteiger partial charge in [0, 0.05) is 17.3 Å². The van der Waals surface area contributed by atoms with Crippen LogP contribution >= 0.6 is 11.8 Å². The van der Waals surface area contributed by atoms with Gasteiger partial charge in [-0.3, -0.25) is 0 Å². The minimum Gasteiger partial charge on any atom is -0.310 e. The van der Waals surface area contributed by atoms with E-state index < -0.39 is 0 Å². The van der Waals surface area contributed by atoms with Crippen LogP contribution in [0.5, 0.6) is 0 Å². The predicted molar refractivity (Wildman–Crippen MR) is 64.9 cm³/mol. The first-order chi connectivity index (χ1) is 6.79. The molecule has 2 saturated carbocycles. The van der Waals surface area contributed by atoms with Crippen molar-refractivity contribution in [1.29, 1.82) is 0 Å². The molecule has 1 N–H and O–H groups in total. The van der Waals surface area contributed by atoms with Crippen LogP contribution in [-0.2, 0) is 0 Å². The normalized spacial score (nSPS) is 42.4. The van der Waals surface area contributed by atoms with Gasteiger partial charge in [0.15, 0.2) is 0 Å². The lowest BCUT2D eigenvalue weighted by atomic mass is 9.81. The van der Waals surface area contributed by atoms with Crippen molar-refractivity contribution >= 4 is 11.8 Å². The van der Waals surface area contributed by atoms with Crippen molar-refractivity contribution in [3.8, 4) is 0 Å². The van der Waals surface area contributed by atoms with Gasteiger partial charge in [-0.05, 0) is 37.4 Å². The summed E-state index contributed by atoms with van der Waals surface area (Å²) in [5.74, 6) is 2.26. The molecule has 2 fully saturated rings. The quantitative estimate of drug-likeness (QED) is 0.770. The molecule has 2 unspecified atom stereocenters. The van der Waals surface area contributed by atoms with Gasteiger partial charge in [-0.25, -0.2) is 0 Å². The van der Waals surface area contributed by atoms with Gasteiger partial charge in [0.2, 0.25) is 0 Å². The fourth-order valence-corrected chi connectivity index (χ4v) is 4.08. The van der Waals surface area contributed by atoms with Crippen LogP contribution in [0.25, 0.3) is 0 Å². The van der Waals surface area contributed by atoms with Crippen LogP contribution in [0, 0.1) is 5.92 Å². The highest BCUT2D eigenvalue weighted by molar-refractivity contribution is 7.99. The maximum absolute atomic E-state index is 3.86. The smallest absolute Gasteiger partial charge is 0.0201 e. The maximum atomic E-state index is 3.86. The average Bonchev–Trinajstić information content (AvgIpc) is 2.51. The van der Waals surface area contributed by atoms with Crippen molar-refractivity contribution < 1.29 is 0 Å². The lowest BCUT2D eigenvalue weighted by molar-refractivity contribution is 0.223. The zero-order valence-electron chi connectivity index (χ0n) is 9.46. The highest BCUT2D eigenvalue weighted by Gasteiger charge is 2.32. The van der Waals surface area contributed by atoms with Crippen LogP contribution in [0.15, 0.2) is 0 Å². The Morgan fingerprint density at radius 2 is 2.07 bits per heavy atom. The van der Waals surface area contributed by atoms with Gasteiger partial charge >= 0.3 is 0 Å². The summed E-state index contributed by atoms with van der Waals surface area (Å²) < 4.78 is 0. The molecule has 2 aliphatic carbocycles. The SMILES string of the molecule is CCSC1CCCC1NC1CC(C)C1. The molecule has 0 aromatic heterocycles. The fourth-order valence-electron chi connectivity index (χ4n) is 2.87. The Bertz CT molecular complexity index is 177. The minimum atomic E-state index is 0.831. The summed E-state index contributed by atoms with van der Waals surface area (Å²) in [5, 5.41) is 4.77. The summed E-state index contributed by atoms with van der Waals surface area (Å²) >= 11 is 2.16. The Morgan fingerprint density at radius 1 is 1.29 bits per heavy atom. The molecule has 0 spiro atoms. The molecule has 14 heavy (non-hydrogen) atoms. The summed E-state index contributed by atoms with van der Waals surface area (Å²) in [6.45, 7) is 4.65. The molecule has 82 valence electrons. The first-order valence-electron chi connectivity index (χ1n) is 6.17. The van der Waals surface area contributed by atoms with E-state index in [9.17, 15) is 0 Å². The molecule has 0 aliphatic heterocycles. The highest BCUT2D eigenvalue weighted by atomic mass is 32.2. The van der Waals surface area contributed by atoms with Crippen LogP contribution in [0.3, 0.4) is 0 Å². The van der Waals surface area contributed by atoms with E-state index in [-0.39, 0.29) is 0 Å². The largest absolute Gasteiger partial charge is 0.310 e. The second-order valence-electron chi connectivity index (χ2n) is 4.97. The molecular weight excluding hydrogens is 190 g/mol. The number of hydrogen-bond donors (Lipinski definition) is 1. The number of thioether (sulfide) groups is 1. The van der Waals surface area contributed by atoms with Gasteiger partial charge in [0.25, 0.3) is 0 Å². The van der Waals surface area contributed by atoms with Crippen LogP contribution in [0.1, 0.15) is 46.0 Å². The molecular formula is C12H23NS. The van der Waals surface area contributed by atoms with Gasteiger partial charge in [-0.15, -0.1) is 0 Å². The molecule has 2 atom stereocenters. The van der Waals surface area contributed by atoms with Gasteiger partial charge in [-0.2, -0.15) is 11.8 Å². The first kappa shape index (κ1) is 10.8. The van der Waals surface area contributed by atoms with E-state index in [4.69, 9.17) is 0 Å². The van der Waals surface area contributed by atoms with Gasteiger partial charge in [-0.1, -0.05) is 20.3 Å². The monoisotopic (exact) mass is 213 g/mol. The summed E-state index contributed by atoms with van der Waals surface area (Å²) in [4.78, 5) is 0. The molecule has 0 aromatic carbocycles. The van der Waals surface area contributed by atoms with Crippen molar-refractivity contribution in [3.05, 3.63) is 0 Å². The lowest BCUT2D eigenvalue weighted by Crippen LogP contribution is -2.47. The molecule has 0 bridgehead atoms. The number of hydrogen-bond acceptors (Lipinski definition) is 2. The molecule has 2 aliphatic rings.